The lowest BCUT2D eigenvalue weighted by Crippen LogP contribution is -2.39. The molecule has 6 nitrogen and oxygen atoms in total. The molecule has 2 amide bonds. The van der Waals surface area contributed by atoms with Gasteiger partial charge in [0.15, 0.2) is 0 Å². The number of urea groups is 1. The van der Waals surface area contributed by atoms with Gasteiger partial charge < -0.3 is 20.1 Å². The highest BCUT2D eigenvalue weighted by Gasteiger charge is 2.26. The molecule has 1 atom stereocenters. The lowest BCUT2D eigenvalue weighted by atomic mass is 9.97. The van der Waals surface area contributed by atoms with Crippen LogP contribution in [0.1, 0.15) is 11.1 Å². The van der Waals surface area contributed by atoms with Crippen LogP contribution in [0.2, 0.25) is 0 Å². The highest BCUT2D eigenvalue weighted by molar-refractivity contribution is 6.01. The first kappa shape index (κ1) is 17.7. The molecule has 0 aromatic heterocycles. The molecular formula is C20H20N2O4. The Labute approximate surface area is 151 Å². The number of hydrogen-bond donors (Lipinski definition) is 2. The van der Waals surface area contributed by atoms with Gasteiger partial charge in [0.1, 0.15) is 0 Å². The standard InChI is InChI=1S/C20H20N2O4/c1-25-19(23)11-16-15-9-5-6-10-17(15)21-20(24)22-18(16)13-26-12-14-7-3-2-4-8-14/h2-11,18H,12-13H2,1H3,(H2,21,22,24)/b16-11+/t18-/m0/s1. The van der Waals surface area contributed by atoms with Crippen molar-refractivity contribution in [3.8, 4) is 0 Å². The molecule has 0 saturated carbocycles. The Bertz CT molecular complexity index is 818. The SMILES string of the molecule is COC(=O)/C=C1\c2ccccc2NC(=O)N[C@H]1COCc1ccccc1. The van der Waals surface area contributed by atoms with Gasteiger partial charge in [-0.25, -0.2) is 9.59 Å². The molecule has 1 aliphatic heterocycles. The Balaban J connectivity index is 1.84. The van der Waals surface area contributed by atoms with Crippen LogP contribution in [-0.2, 0) is 20.9 Å². The topological polar surface area (TPSA) is 76.7 Å². The first-order valence-corrected chi connectivity index (χ1v) is 8.25. The summed E-state index contributed by atoms with van der Waals surface area (Å²) in [5.41, 5.74) is 3.05. The van der Waals surface area contributed by atoms with E-state index in [0.29, 0.717) is 17.9 Å². The molecule has 0 radical (unpaired) electrons. The molecule has 0 saturated heterocycles. The molecule has 1 aliphatic rings. The second-order valence-corrected chi connectivity index (χ2v) is 5.82. The van der Waals surface area contributed by atoms with E-state index in [1.807, 2.05) is 48.5 Å². The smallest absolute Gasteiger partial charge is 0.330 e. The fourth-order valence-electron chi connectivity index (χ4n) is 2.79. The molecule has 0 bridgehead atoms. The Morgan fingerprint density at radius 1 is 1.12 bits per heavy atom. The third kappa shape index (κ3) is 4.29. The van der Waals surface area contributed by atoms with Gasteiger partial charge in [-0.1, -0.05) is 48.5 Å². The monoisotopic (exact) mass is 352 g/mol. The van der Waals surface area contributed by atoms with Crippen LogP contribution in [0.4, 0.5) is 10.5 Å². The van der Waals surface area contributed by atoms with E-state index in [1.165, 1.54) is 13.2 Å². The number of carbonyl (C=O) groups excluding carboxylic acids is 2. The number of benzene rings is 2. The number of nitrogens with one attached hydrogen (secondary N) is 2. The molecule has 2 aromatic carbocycles. The molecule has 26 heavy (non-hydrogen) atoms. The van der Waals surface area contributed by atoms with Gasteiger partial charge in [0.25, 0.3) is 0 Å². The maximum Gasteiger partial charge on any atom is 0.330 e. The fraction of sp³-hybridized carbons (Fsp3) is 0.200. The number of rotatable bonds is 5. The van der Waals surface area contributed by atoms with E-state index in [-0.39, 0.29) is 12.6 Å². The molecule has 3 rings (SSSR count). The van der Waals surface area contributed by atoms with E-state index in [0.717, 1.165) is 11.1 Å². The summed E-state index contributed by atoms with van der Waals surface area (Å²) in [6.07, 6.45) is 1.39. The van der Waals surface area contributed by atoms with Crippen LogP contribution < -0.4 is 10.6 Å². The van der Waals surface area contributed by atoms with Gasteiger partial charge in [-0.2, -0.15) is 0 Å². The fourth-order valence-corrected chi connectivity index (χ4v) is 2.79. The number of hydrogen-bond acceptors (Lipinski definition) is 4. The predicted octanol–water partition coefficient (Wildman–Crippen LogP) is 2.96. The first-order chi connectivity index (χ1) is 12.7. The van der Waals surface area contributed by atoms with Crippen molar-refractivity contribution in [1.82, 2.24) is 5.32 Å². The zero-order valence-corrected chi connectivity index (χ0v) is 14.4. The van der Waals surface area contributed by atoms with Crippen LogP contribution in [0.15, 0.2) is 60.7 Å². The van der Waals surface area contributed by atoms with Crippen molar-refractivity contribution < 1.29 is 19.1 Å². The van der Waals surface area contributed by atoms with Crippen molar-refractivity contribution in [1.29, 1.82) is 0 Å². The minimum atomic E-state index is -0.487. The summed E-state index contributed by atoms with van der Waals surface area (Å²) in [6.45, 7) is 0.632. The maximum absolute atomic E-state index is 12.2. The van der Waals surface area contributed by atoms with E-state index in [1.54, 1.807) is 6.07 Å². The summed E-state index contributed by atoms with van der Waals surface area (Å²) in [5, 5.41) is 5.62. The Morgan fingerprint density at radius 2 is 1.85 bits per heavy atom. The number of methoxy groups -OCH3 is 1. The lowest BCUT2D eigenvalue weighted by molar-refractivity contribution is -0.134. The molecule has 0 aliphatic carbocycles. The summed E-state index contributed by atoms with van der Waals surface area (Å²) in [6, 6.07) is 16.2. The van der Waals surface area contributed by atoms with Crippen molar-refractivity contribution in [2.45, 2.75) is 12.6 Å². The number of anilines is 1. The molecule has 0 spiro atoms. The summed E-state index contributed by atoms with van der Waals surface area (Å²) in [7, 11) is 1.32. The van der Waals surface area contributed by atoms with Gasteiger partial charge in [-0.15, -0.1) is 0 Å². The number of fused-ring (bicyclic) bond motifs is 1. The van der Waals surface area contributed by atoms with E-state index in [2.05, 4.69) is 10.6 Å². The van der Waals surface area contributed by atoms with Gasteiger partial charge in [0.05, 0.1) is 26.4 Å². The van der Waals surface area contributed by atoms with Crippen molar-refractivity contribution in [3.05, 3.63) is 71.8 Å². The van der Waals surface area contributed by atoms with E-state index in [9.17, 15) is 9.59 Å². The lowest BCUT2D eigenvalue weighted by Gasteiger charge is -2.19. The van der Waals surface area contributed by atoms with Gasteiger partial charge in [0.2, 0.25) is 0 Å². The number of carbonyl (C=O) groups is 2. The molecular weight excluding hydrogens is 332 g/mol. The predicted molar refractivity (Wildman–Crippen MR) is 98.5 cm³/mol. The Hall–Kier alpha value is -3.12. The number of para-hydroxylation sites is 1. The van der Waals surface area contributed by atoms with Crippen LogP contribution in [0, 0.1) is 0 Å². The van der Waals surface area contributed by atoms with Crippen LogP contribution in [-0.4, -0.2) is 31.8 Å². The third-order valence-corrected chi connectivity index (χ3v) is 4.04. The summed E-state index contributed by atoms with van der Waals surface area (Å²) in [4.78, 5) is 24.0. The van der Waals surface area contributed by atoms with Gasteiger partial charge in [-0.3, -0.25) is 0 Å². The van der Waals surface area contributed by atoms with Crippen LogP contribution in [0.25, 0.3) is 5.57 Å². The van der Waals surface area contributed by atoms with E-state index < -0.39 is 12.0 Å². The number of ether oxygens (including phenoxy) is 2. The third-order valence-electron chi connectivity index (χ3n) is 4.04. The molecule has 0 unspecified atom stereocenters. The quantitative estimate of drug-likeness (QED) is 0.641. The molecule has 1 heterocycles. The van der Waals surface area contributed by atoms with Gasteiger partial charge in [-0.05, 0) is 17.2 Å². The highest BCUT2D eigenvalue weighted by atomic mass is 16.5. The average Bonchev–Trinajstić information content (AvgIpc) is 2.79. The summed E-state index contributed by atoms with van der Waals surface area (Å²) < 4.78 is 10.6. The minimum Gasteiger partial charge on any atom is -0.466 e. The zero-order chi connectivity index (χ0) is 18.4. The van der Waals surface area contributed by atoms with Crippen molar-refractivity contribution in [2.24, 2.45) is 0 Å². The van der Waals surface area contributed by atoms with Gasteiger partial charge in [0, 0.05) is 17.3 Å². The molecule has 2 aromatic rings. The second kappa shape index (κ2) is 8.31. The second-order valence-electron chi connectivity index (χ2n) is 5.82. The normalized spacial score (nSPS) is 17.7. The van der Waals surface area contributed by atoms with Crippen LogP contribution >= 0.6 is 0 Å². The molecule has 2 N–H and O–H groups in total. The minimum absolute atomic E-state index is 0.222. The maximum atomic E-state index is 12.2. The van der Waals surface area contributed by atoms with Crippen molar-refractivity contribution in [2.75, 3.05) is 19.0 Å². The first-order valence-electron chi connectivity index (χ1n) is 8.25. The number of amides is 2. The highest BCUT2D eigenvalue weighted by Crippen LogP contribution is 2.29. The summed E-state index contributed by atoms with van der Waals surface area (Å²) >= 11 is 0. The Morgan fingerprint density at radius 3 is 2.62 bits per heavy atom. The molecule has 6 heteroatoms. The average molecular weight is 352 g/mol. The summed E-state index contributed by atoms with van der Waals surface area (Å²) in [5.74, 6) is -0.487. The largest absolute Gasteiger partial charge is 0.466 e. The zero-order valence-electron chi connectivity index (χ0n) is 14.4. The van der Waals surface area contributed by atoms with Gasteiger partial charge >= 0.3 is 12.0 Å². The molecule has 134 valence electrons. The number of esters is 1. The van der Waals surface area contributed by atoms with Crippen molar-refractivity contribution >= 4 is 23.3 Å². The molecule has 0 fully saturated rings. The van der Waals surface area contributed by atoms with E-state index in [4.69, 9.17) is 9.47 Å². The van der Waals surface area contributed by atoms with Crippen LogP contribution in [0.3, 0.4) is 0 Å². The van der Waals surface area contributed by atoms with Crippen LogP contribution in [0.5, 0.6) is 0 Å². The Kier molecular flexibility index (Phi) is 5.66. The van der Waals surface area contributed by atoms with Crippen molar-refractivity contribution in [3.63, 3.8) is 0 Å². The van der Waals surface area contributed by atoms with E-state index >= 15 is 0 Å².